The Morgan fingerprint density at radius 3 is 2.55 bits per heavy atom. The summed E-state index contributed by atoms with van der Waals surface area (Å²) in [5.74, 6) is 0.437. The summed E-state index contributed by atoms with van der Waals surface area (Å²) in [6.45, 7) is 0.342. The molecule has 1 rings (SSSR count). The van der Waals surface area contributed by atoms with Crippen LogP contribution < -0.4 is 5.32 Å². The molecule has 20 heavy (non-hydrogen) atoms. The van der Waals surface area contributed by atoms with Crippen molar-refractivity contribution in [2.45, 2.75) is 12.6 Å². The van der Waals surface area contributed by atoms with Gasteiger partial charge in [-0.05, 0) is 18.6 Å². The van der Waals surface area contributed by atoms with Crippen molar-refractivity contribution in [3.63, 3.8) is 0 Å². The second-order valence-electron chi connectivity index (χ2n) is 4.04. The minimum Gasteiger partial charge on any atom is -0.385 e. The molecule has 1 atom stereocenters. The van der Waals surface area contributed by atoms with Gasteiger partial charge in [-0.3, -0.25) is 14.3 Å². The van der Waals surface area contributed by atoms with E-state index in [1.165, 1.54) is 12.3 Å². The fourth-order valence-electron chi connectivity index (χ4n) is 1.54. The number of nitrogens with one attached hydrogen (secondary N) is 1. The predicted molar refractivity (Wildman–Crippen MR) is 70.1 cm³/mol. The lowest BCUT2D eigenvalue weighted by Crippen LogP contribution is -2.11. The Kier molecular flexibility index (Phi) is 5.49. The lowest BCUT2D eigenvalue weighted by Gasteiger charge is -2.11. The van der Waals surface area contributed by atoms with E-state index in [1.807, 2.05) is 0 Å². The highest BCUT2D eigenvalue weighted by atomic mass is 32.2. The van der Waals surface area contributed by atoms with Crippen LogP contribution in [-0.4, -0.2) is 27.7 Å². The van der Waals surface area contributed by atoms with Crippen molar-refractivity contribution >= 4 is 22.2 Å². The fourth-order valence-corrected chi connectivity index (χ4v) is 2.09. The lowest BCUT2D eigenvalue weighted by molar-refractivity contribution is -0.388. The number of halogens is 3. The molecule has 0 bridgehead atoms. The van der Waals surface area contributed by atoms with Gasteiger partial charge in [-0.2, -0.15) is 13.2 Å². The van der Waals surface area contributed by atoms with E-state index >= 15 is 0 Å². The third-order valence-corrected chi connectivity index (χ3v) is 3.30. The topological polar surface area (TPSA) is 72.2 Å². The van der Waals surface area contributed by atoms with Crippen molar-refractivity contribution in [3.05, 3.63) is 33.9 Å². The Hall–Kier alpha value is -1.64. The van der Waals surface area contributed by atoms with E-state index in [9.17, 15) is 27.5 Å². The number of alkyl halides is 3. The lowest BCUT2D eigenvalue weighted by atomic mass is 10.1. The Labute approximate surface area is 115 Å². The molecule has 0 fully saturated rings. The summed E-state index contributed by atoms with van der Waals surface area (Å²) in [5.41, 5.74) is -2.12. The van der Waals surface area contributed by atoms with Crippen molar-refractivity contribution in [1.82, 2.24) is 0 Å². The molecule has 1 N–H and O–H groups in total. The van der Waals surface area contributed by atoms with Gasteiger partial charge >= 0.3 is 6.18 Å². The van der Waals surface area contributed by atoms with Crippen LogP contribution in [0.15, 0.2) is 18.2 Å². The number of nitrogens with zero attached hydrogens (tertiary/aromatic N) is 1. The molecule has 0 aliphatic carbocycles. The van der Waals surface area contributed by atoms with E-state index in [0.717, 1.165) is 6.07 Å². The molecule has 0 spiro atoms. The van der Waals surface area contributed by atoms with E-state index in [2.05, 4.69) is 5.32 Å². The maximum absolute atomic E-state index is 12.7. The molecule has 0 aliphatic heterocycles. The second-order valence-corrected chi connectivity index (χ2v) is 5.60. The fraction of sp³-hybridized carbons (Fsp3) is 0.455. The third-order valence-electron chi connectivity index (χ3n) is 2.44. The summed E-state index contributed by atoms with van der Waals surface area (Å²) in [6, 6.07) is 2.75. The summed E-state index contributed by atoms with van der Waals surface area (Å²) >= 11 is 0. The van der Waals surface area contributed by atoms with Gasteiger partial charge in [0.2, 0.25) is 0 Å². The van der Waals surface area contributed by atoms with Crippen LogP contribution in [0.4, 0.5) is 24.5 Å². The highest BCUT2D eigenvalue weighted by Crippen LogP contribution is 2.37. The molecule has 0 amide bonds. The van der Waals surface area contributed by atoms with E-state index in [1.54, 1.807) is 0 Å². The van der Waals surface area contributed by atoms with Crippen LogP contribution in [0.1, 0.15) is 12.0 Å². The van der Waals surface area contributed by atoms with Crippen LogP contribution in [-0.2, 0) is 17.0 Å². The van der Waals surface area contributed by atoms with E-state index in [4.69, 9.17) is 0 Å². The minimum atomic E-state index is -4.79. The number of benzene rings is 1. The van der Waals surface area contributed by atoms with E-state index in [-0.39, 0.29) is 5.69 Å². The van der Waals surface area contributed by atoms with Crippen LogP contribution in [0, 0.1) is 10.1 Å². The zero-order valence-corrected chi connectivity index (χ0v) is 11.4. The van der Waals surface area contributed by atoms with Crippen LogP contribution >= 0.6 is 0 Å². The molecule has 0 aliphatic rings. The molecule has 0 aromatic heterocycles. The van der Waals surface area contributed by atoms with Gasteiger partial charge in [0.1, 0.15) is 5.56 Å². The van der Waals surface area contributed by atoms with Gasteiger partial charge in [-0.1, -0.05) is 0 Å². The molecule has 9 heteroatoms. The summed E-state index contributed by atoms with van der Waals surface area (Å²) in [7, 11) is -0.961. The van der Waals surface area contributed by atoms with Gasteiger partial charge in [0.25, 0.3) is 5.69 Å². The molecule has 0 saturated carbocycles. The van der Waals surface area contributed by atoms with Gasteiger partial charge in [0.05, 0.1) is 4.92 Å². The summed E-state index contributed by atoms with van der Waals surface area (Å²) in [6.07, 6.45) is -2.72. The summed E-state index contributed by atoms with van der Waals surface area (Å²) in [5, 5.41) is 13.3. The first kappa shape index (κ1) is 16.4. The first-order valence-electron chi connectivity index (χ1n) is 5.61. The maximum Gasteiger partial charge on any atom is 0.423 e. The number of anilines is 1. The second kappa shape index (κ2) is 6.69. The number of nitro benzene ring substituents is 1. The van der Waals surface area contributed by atoms with Gasteiger partial charge in [-0.25, -0.2) is 0 Å². The van der Waals surface area contributed by atoms with Gasteiger partial charge in [0, 0.05) is 41.1 Å². The third kappa shape index (κ3) is 4.80. The summed E-state index contributed by atoms with van der Waals surface area (Å²) in [4.78, 5) is 9.50. The highest BCUT2D eigenvalue weighted by molar-refractivity contribution is 7.84. The molecule has 0 saturated heterocycles. The molecule has 1 aromatic rings. The van der Waals surface area contributed by atoms with Crippen LogP contribution in [0.5, 0.6) is 0 Å². The molecule has 1 unspecified atom stereocenters. The standard InChI is InChI=1S/C11H13F3N2O3S/c1-20(19)6-2-5-15-8-3-4-10(16(17)18)9(7-8)11(12,13)14/h3-4,7,15H,2,5-6H2,1H3. The molecule has 0 heterocycles. The maximum atomic E-state index is 12.7. The quantitative estimate of drug-likeness (QED) is 0.498. The monoisotopic (exact) mass is 310 g/mol. The summed E-state index contributed by atoms with van der Waals surface area (Å²) < 4.78 is 49.0. The zero-order chi connectivity index (χ0) is 15.3. The average molecular weight is 310 g/mol. The van der Waals surface area contributed by atoms with Crippen molar-refractivity contribution in [2.75, 3.05) is 23.9 Å². The minimum absolute atomic E-state index is 0.143. The van der Waals surface area contributed by atoms with Gasteiger partial charge in [0.15, 0.2) is 0 Å². The van der Waals surface area contributed by atoms with Crippen LogP contribution in [0.2, 0.25) is 0 Å². The van der Waals surface area contributed by atoms with E-state index < -0.39 is 33.2 Å². The predicted octanol–water partition coefficient (Wildman–Crippen LogP) is 2.79. The number of nitro groups is 1. The largest absolute Gasteiger partial charge is 0.423 e. The Morgan fingerprint density at radius 1 is 1.40 bits per heavy atom. The molecule has 1 aromatic carbocycles. The molecular formula is C11H13F3N2O3S. The SMILES string of the molecule is CS(=O)CCCNc1ccc([N+](=O)[O-])c(C(F)(F)F)c1. The Bertz CT molecular complexity index is 520. The van der Waals surface area contributed by atoms with Crippen molar-refractivity contribution in [2.24, 2.45) is 0 Å². The molecule has 112 valence electrons. The van der Waals surface area contributed by atoms with Gasteiger partial charge < -0.3 is 5.32 Å². The number of hydrogen-bond donors (Lipinski definition) is 1. The Balaban J connectivity index is 2.85. The number of hydrogen-bond acceptors (Lipinski definition) is 4. The van der Waals surface area contributed by atoms with E-state index in [0.29, 0.717) is 24.8 Å². The normalized spacial score (nSPS) is 13.0. The van der Waals surface area contributed by atoms with Crippen LogP contribution in [0.25, 0.3) is 0 Å². The molecular weight excluding hydrogens is 297 g/mol. The van der Waals surface area contributed by atoms with Crippen molar-refractivity contribution in [3.8, 4) is 0 Å². The number of rotatable bonds is 6. The van der Waals surface area contributed by atoms with Crippen molar-refractivity contribution < 1.29 is 22.3 Å². The smallest absolute Gasteiger partial charge is 0.385 e. The van der Waals surface area contributed by atoms with Crippen molar-refractivity contribution in [1.29, 1.82) is 0 Å². The van der Waals surface area contributed by atoms with Crippen LogP contribution in [0.3, 0.4) is 0 Å². The average Bonchev–Trinajstić information content (AvgIpc) is 2.33. The molecule has 5 nitrogen and oxygen atoms in total. The first-order chi connectivity index (χ1) is 9.21. The zero-order valence-electron chi connectivity index (χ0n) is 10.6. The Morgan fingerprint density at radius 2 is 2.05 bits per heavy atom. The highest BCUT2D eigenvalue weighted by Gasteiger charge is 2.38. The molecule has 0 radical (unpaired) electrons. The first-order valence-corrected chi connectivity index (χ1v) is 7.34. The van der Waals surface area contributed by atoms with Gasteiger partial charge in [-0.15, -0.1) is 0 Å².